The first-order chi connectivity index (χ1) is 10.8. The zero-order valence-electron chi connectivity index (χ0n) is 13.9. The Kier molecular flexibility index (Phi) is 8.46. The van der Waals surface area contributed by atoms with Crippen molar-refractivity contribution in [1.29, 1.82) is 0 Å². The van der Waals surface area contributed by atoms with Crippen molar-refractivity contribution < 1.29 is 4.79 Å². The van der Waals surface area contributed by atoms with Crippen molar-refractivity contribution in [2.45, 2.75) is 32.2 Å². The Balaban J connectivity index is 0.00000144. The van der Waals surface area contributed by atoms with E-state index in [1.165, 1.54) is 0 Å². The van der Waals surface area contributed by atoms with Crippen LogP contribution in [0.15, 0.2) is 36.5 Å². The standard InChI is InChI=1S/C18H23N3O.2ClH/c1-2-13-21(15-8-11-19-12-9-15)18(22)16-7-3-5-14-6-4-10-20-17(14)16;;/h3-7,10,15,19H,2,8-9,11-13H2,1H3;2*1H. The molecule has 1 N–H and O–H groups in total. The minimum absolute atomic E-state index is 0. The first kappa shape index (κ1) is 20.7. The summed E-state index contributed by atoms with van der Waals surface area (Å²) < 4.78 is 0. The molecule has 24 heavy (non-hydrogen) atoms. The summed E-state index contributed by atoms with van der Waals surface area (Å²) in [5.74, 6) is 0.123. The number of benzene rings is 1. The molecular weight excluding hydrogens is 345 g/mol. The van der Waals surface area contributed by atoms with Crippen molar-refractivity contribution in [3.8, 4) is 0 Å². The molecule has 0 saturated carbocycles. The number of rotatable bonds is 4. The number of halogens is 2. The molecule has 4 nitrogen and oxygen atoms in total. The predicted octanol–water partition coefficient (Wildman–Crippen LogP) is 3.68. The third-order valence-electron chi connectivity index (χ3n) is 4.34. The molecule has 0 atom stereocenters. The van der Waals surface area contributed by atoms with Crippen LogP contribution in [0.25, 0.3) is 10.9 Å². The molecule has 1 fully saturated rings. The first-order valence-electron chi connectivity index (χ1n) is 8.16. The van der Waals surface area contributed by atoms with Crippen LogP contribution in [0.3, 0.4) is 0 Å². The molecule has 1 aliphatic heterocycles. The summed E-state index contributed by atoms with van der Waals surface area (Å²) in [6, 6.07) is 10.1. The van der Waals surface area contributed by atoms with Gasteiger partial charge in [-0.1, -0.05) is 25.1 Å². The molecule has 0 spiro atoms. The number of nitrogens with zero attached hydrogens (tertiary/aromatic N) is 2. The van der Waals surface area contributed by atoms with Gasteiger partial charge < -0.3 is 10.2 Å². The summed E-state index contributed by atoms with van der Waals surface area (Å²) in [5, 5.41) is 4.39. The molecule has 6 heteroatoms. The van der Waals surface area contributed by atoms with Gasteiger partial charge in [-0.2, -0.15) is 0 Å². The van der Waals surface area contributed by atoms with E-state index in [4.69, 9.17) is 0 Å². The van der Waals surface area contributed by atoms with Gasteiger partial charge >= 0.3 is 0 Å². The maximum atomic E-state index is 13.1. The lowest BCUT2D eigenvalue weighted by Gasteiger charge is -2.34. The Morgan fingerprint density at radius 1 is 1.21 bits per heavy atom. The Morgan fingerprint density at radius 2 is 1.92 bits per heavy atom. The van der Waals surface area contributed by atoms with Gasteiger partial charge in [-0.05, 0) is 44.5 Å². The van der Waals surface area contributed by atoms with Gasteiger partial charge in [-0.15, -0.1) is 24.8 Å². The number of aromatic nitrogens is 1. The maximum absolute atomic E-state index is 13.1. The molecule has 132 valence electrons. The summed E-state index contributed by atoms with van der Waals surface area (Å²) in [7, 11) is 0. The van der Waals surface area contributed by atoms with Crippen LogP contribution in [0, 0.1) is 0 Å². The first-order valence-corrected chi connectivity index (χ1v) is 8.16. The number of piperidine rings is 1. The van der Waals surface area contributed by atoms with Crippen LogP contribution in [-0.2, 0) is 0 Å². The monoisotopic (exact) mass is 369 g/mol. The Labute approximate surface area is 155 Å². The molecule has 2 heterocycles. The fourth-order valence-electron chi connectivity index (χ4n) is 3.24. The van der Waals surface area contributed by atoms with Gasteiger partial charge in [0, 0.05) is 24.2 Å². The number of carbonyl (C=O) groups excluding carboxylic acids is 1. The van der Waals surface area contributed by atoms with E-state index in [0.717, 1.165) is 55.4 Å². The molecule has 1 amide bonds. The molecule has 1 aromatic heterocycles. The third kappa shape index (κ3) is 4.38. The van der Waals surface area contributed by atoms with Crippen LogP contribution in [0.4, 0.5) is 0 Å². The number of amides is 1. The third-order valence-corrected chi connectivity index (χ3v) is 4.34. The van der Waals surface area contributed by atoms with E-state index in [0.29, 0.717) is 6.04 Å². The molecular formula is C18H25Cl2N3O. The van der Waals surface area contributed by atoms with E-state index in [-0.39, 0.29) is 30.7 Å². The number of nitrogens with one attached hydrogen (secondary N) is 1. The van der Waals surface area contributed by atoms with Gasteiger partial charge in [0.15, 0.2) is 0 Å². The van der Waals surface area contributed by atoms with Crippen LogP contribution in [-0.4, -0.2) is 41.5 Å². The highest BCUT2D eigenvalue weighted by atomic mass is 35.5. The largest absolute Gasteiger partial charge is 0.336 e. The zero-order valence-corrected chi connectivity index (χ0v) is 15.5. The number of hydrogen-bond acceptors (Lipinski definition) is 3. The molecule has 3 rings (SSSR count). The van der Waals surface area contributed by atoms with E-state index in [1.807, 2.05) is 30.3 Å². The van der Waals surface area contributed by atoms with Gasteiger partial charge in [0.25, 0.3) is 5.91 Å². The normalized spacial score (nSPS) is 14.5. The van der Waals surface area contributed by atoms with Crippen LogP contribution < -0.4 is 5.32 Å². The van der Waals surface area contributed by atoms with Crippen molar-refractivity contribution in [3.63, 3.8) is 0 Å². The minimum Gasteiger partial charge on any atom is -0.336 e. The van der Waals surface area contributed by atoms with Crippen molar-refractivity contribution >= 4 is 41.6 Å². The lowest BCUT2D eigenvalue weighted by molar-refractivity contribution is 0.0644. The molecule has 1 aromatic carbocycles. The lowest BCUT2D eigenvalue weighted by atomic mass is 10.0. The number of carbonyl (C=O) groups is 1. The lowest BCUT2D eigenvalue weighted by Crippen LogP contribution is -2.46. The van der Waals surface area contributed by atoms with Crippen molar-refractivity contribution in [3.05, 3.63) is 42.1 Å². The smallest absolute Gasteiger partial charge is 0.256 e. The van der Waals surface area contributed by atoms with Gasteiger partial charge in [0.1, 0.15) is 0 Å². The van der Waals surface area contributed by atoms with Crippen LogP contribution >= 0.6 is 24.8 Å². The topological polar surface area (TPSA) is 45.2 Å². The van der Waals surface area contributed by atoms with Crippen molar-refractivity contribution in [1.82, 2.24) is 15.2 Å². The van der Waals surface area contributed by atoms with Gasteiger partial charge in [-0.3, -0.25) is 9.78 Å². The molecule has 0 aliphatic carbocycles. The average Bonchev–Trinajstić information content (AvgIpc) is 2.59. The SMILES string of the molecule is CCCN(C(=O)c1cccc2cccnc12)C1CCNCC1.Cl.Cl. The summed E-state index contributed by atoms with van der Waals surface area (Å²) >= 11 is 0. The number of pyridine rings is 1. The summed E-state index contributed by atoms with van der Waals surface area (Å²) in [6.07, 6.45) is 4.80. The van der Waals surface area contributed by atoms with E-state index in [9.17, 15) is 4.79 Å². The second kappa shape index (κ2) is 9.82. The highest BCUT2D eigenvalue weighted by Gasteiger charge is 2.26. The van der Waals surface area contributed by atoms with Gasteiger partial charge in [-0.25, -0.2) is 0 Å². The van der Waals surface area contributed by atoms with E-state index in [1.54, 1.807) is 6.20 Å². The predicted molar refractivity (Wildman–Crippen MR) is 103 cm³/mol. The quantitative estimate of drug-likeness (QED) is 0.893. The molecule has 0 radical (unpaired) electrons. The molecule has 0 unspecified atom stereocenters. The fraction of sp³-hybridized carbons (Fsp3) is 0.444. The Hall–Kier alpha value is -1.36. The van der Waals surface area contributed by atoms with E-state index < -0.39 is 0 Å². The summed E-state index contributed by atoms with van der Waals surface area (Å²) in [5.41, 5.74) is 1.54. The second-order valence-electron chi connectivity index (χ2n) is 5.86. The molecule has 1 saturated heterocycles. The summed E-state index contributed by atoms with van der Waals surface area (Å²) in [4.78, 5) is 19.6. The number of hydrogen-bond donors (Lipinski definition) is 1. The zero-order chi connectivity index (χ0) is 15.4. The van der Waals surface area contributed by atoms with Crippen molar-refractivity contribution in [2.75, 3.05) is 19.6 Å². The van der Waals surface area contributed by atoms with Gasteiger partial charge in [0.05, 0.1) is 11.1 Å². The minimum atomic E-state index is 0. The molecule has 2 aromatic rings. The van der Waals surface area contributed by atoms with E-state index in [2.05, 4.69) is 22.1 Å². The van der Waals surface area contributed by atoms with Crippen molar-refractivity contribution in [2.24, 2.45) is 0 Å². The van der Waals surface area contributed by atoms with E-state index >= 15 is 0 Å². The van der Waals surface area contributed by atoms with Gasteiger partial charge in [0.2, 0.25) is 0 Å². The fourth-order valence-corrected chi connectivity index (χ4v) is 3.24. The Bertz CT molecular complexity index is 654. The number of fused-ring (bicyclic) bond motifs is 1. The highest BCUT2D eigenvalue weighted by Crippen LogP contribution is 2.21. The summed E-state index contributed by atoms with van der Waals surface area (Å²) in [6.45, 7) is 4.92. The van der Waals surface area contributed by atoms with Crippen LogP contribution in [0.2, 0.25) is 0 Å². The van der Waals surface area contributed by atoms with Crippen LogP contribution in [0.5, 0.6) is 0 Å². The van der Waals surface area contributed by atoms with Crippen LogP contribution in [0.1, 0.15) is 36.5 Å². The molecule has 0 bridgehead atoms. The average molecular weight is 370 g/mol. The Morgan fingerprint density at radius 3 is 2.62 bits per heavy atom. The molecule has 1 aliphatic rings. The second-order valence-corrected chi connectivity index (χ2v) is 5.86. The maximum Gasteiger partial charge on any atom is 0.256 e. The highest BCUT2D eigenvalue weighted by molar-refractivity contribution is 6.05. The number of para-hydroxylation sites is 1.